The summed E-state index contributed by atoms with van der Waals surface area (Å²) in [7, 11) is 0. The van der Waals surface area contributed by atoms with Gasteiger partial charge < -0.3 is 21.1 Å². The molecule has 7 rings (SSSR count). The zero-order valence-electron chi connectivity index (χ0n) is 30.7. The third-order valence-electron chi connectivity index (χ3n) is 10.5. The molecule has 294 valence electrons. The van der Waals surface area contributed by atoms with E-state index in [2.05, 4.69) is 26.3 Å². The van der Waals surface area contributed by atoms with Gasteiger partial charge in [0, 0.05) is 48.0 Å². The number of imide groups is 2. The number of pyridine rings is 1. The van der Waals surface area contributed by atoms with E-state index in [1.54, 1.807) is 44.2 Å². The van der Waals surface area contributed by atoms with Gasteiger partial charge in [0.05, 0.1) is 28.3 Å². The van der Waals surface area contributed by atoms with Crippen LogP contribution in [0.2, 0.25) is 0 Å². The molecule has 3 aliphatic rings. The van der Waals surface area contributed by atoms with Crippen molar-refractivity contribution < 1.29 is 42.3 Å². The first kappa shape index (κ1) is 38.6. The first-order valence-electron chi connectivity index (χ1n) is 18.5. The van der Waals surface area contributed by atoms with Crippen molar-refractivity contribution in [2.75, 3.05) is 30.3 Å². The highest BCUT2D eigenvalue weighted by atomic mass is 19.4. The maximum atomic E-state index is 13.3. The minimum absolute atomic E-state index is 0.0497. The van der Waals surface area contributed by atoms with Crippen molar-refractivity contribution in [3.8, 4) is 0 Å². The largest absolute Gasteiger partial charge is 0.433 e. The van der Waals surface area contributed by atoms with Gasteiger partial charge in [-0.3, -0.25) is 38.9 Å². The van der Waals surface area contributed by atoms with Gasteiger partial charge in [0.1, 0.15) is 17.4 Å². The fourth-order valence-corrected chi connectivity index (χ4v) is 7.66. The van der Waals surface area contributed by atoms with E-state index in [1.165, 1.54) is 6.07 Å². The van der Waals surface area contributed by atoms with Crippen LogP contribution in [-0.2, 0) is 21.4 Å². The number of anilines is 2. The molecule has 1 atom stereocenters. The second kappa shape index (κ2) is 15.1. The number of nitrogens with zero attached hydrogens (tertiary/aromatic N) is 4. The smallest absolute Gasteiger partial charge is 0.386 e. The van der Waals surface area contributed by atoms with Gasteiger partial charge in [-0.2, -0.15) is 18.3 Å². The third kappa shape index (κ3) is 7.86. The fourth-order valence-electron chi connectivity index (χ4n) is 7.66. The molecule has 4 heterocycles. The average Bonchev–Trinajstić information content (AvgIpc) is 3.68. The number of piperidine rings is 1. The summed E-state index contributed by atoms with van der Waals surface area (Å²) in [6, 6.07) is 10.5. The van der Waals surface area contributed by atoms with Crippen LogP contribution >= 0.6 is 0 Å². The summed E-state index contributed by atoms with van der Waals surface area (Å²) < 4.78 is 41.5. The molecular formula is C39H41F3N8O6. The Bertz CT molecular complexity index is 2220. The SMILES string of the molecule is CC(C)(O)c1cc2nn([C@H]3CC[C@H](CNCCNc4cccc5c4C(=O)N(C4CCC(=O)NC4=O)C5=O)CC3)cc2cc1NC(=O)c1cccc(C(F)(F)F)n1. The lowest BCUT2D eigenvalue weighted by atomic mass is 9.86. The maximum absolute atomic E-state index is 13.3. The molecule has 0 radical (unpaired) electrons. The van der Waals surface area contributed by atoms with Crippen molar-refractivity contribution in [1.82, 2.24) is 30.3 Å². The summed E-state index contributed by atoms with van der Waals surface area (Å²) >= 11 is 0. The maximum Gasteiger partial charge on any atom is 0.433 e. The van der Waals surface area contributed by atoms with Crippen LogP contribution in [0.25, 0.3) is 10.9 Å². The zero-order chi connectivity index (χ0) is 39.9. The van der Waals surface area contributed by atoms with Gasteiger partial charge in [0.2, 0.25) is 11.8 Å². The molecule has 5 amide bonds. The normalized spacial score (nSPS) is 20.3. The molecule has 0 spiro atoms. The molecule has 17 heteroatoms. The van der Waals surface area contributed by atoms with Crippen molar-refractivity contribution >= 4 is 51.8 Å². The molecule has 1 unspecified atom stereocenters. The standard InChI is InChI=1S/C39H41F3N8O6/c1-38(2,56)25-18-28-22(17-29(25)46-34(52)27-7-4-8-31(45-27)39(40,41)42)20-49(48-28)23-11-9-21(10-12-23)19-43-15-16-44-26-6-3-5-24-33(26)37(55)50(36(24)54)30-13-14-32(51)47-35(30)53/h3-8,17-18,20-21,23,30,43-44,56H,9-16,19H2,1-2H3,(H,46,52)(H,47,51,53)/t21-,23-,30?. The van der Waals surface area contributed by atoms with Crippen LogP contribution in [0.5, 0.6) is 0 Å². The highest BCUT2D eigenvalue weighted by molar-refractivity contribution is 6.25. The number of carbonyl (C=O) groups is 5. The number of nitrogens with one attached hydrogen (secondary N) is 4. The Morgan fingerprint density at radius 3 is 2.41 bits per heavy atom. The summed E-state index contributed by atoms with van der Waals surface area (Å²) in [5.41, 5.74) is -0.859. The molecule has 2 aromatic heterocycles. The lowest BCUT2D eigenvalue weighted by Crippen LogP contribution is -2.54. The summed E-state index contributed by atoms with van der Waals surface area (Å²) in [4.78, 5) is 67.9. The number of halogens is 3. The van der Waals surface area contributed by atoms with E-state index in [9.17, 15) is 42.3 Å². The molecule has 0 bridgehead atoms. The van der Waals surface area contributed by atoms with Crippen molar-refractivity contribution in [2.24, 2.45) is 5.92 Å². The predicted molar refractivity (Wildman–Crippen MR) is 198 cm³/mol. The molecule has 1 saturated heterocycles. The van der Waals surface area contributed by atoms with Gasteiger partial charge in [0.15, 0.2) is 0 Å². The number of rotatable bonds is 11. The summed E-state index contributed by atoms with van der Waals surface area (Å²) in [6.45, 7) is 4.95. The second-order valence-electron chi connectivity index (χ2n) is 15.0. The van der Waals surface area contributed by atoms with Crippen molar-refractivity contribution in [2.45, 2.75) is 76.2 Å². The molecule has 56 heavy (non-hydrogen) atoms. The van der Waals surface area contributed by atoms with Crippen molar-refractivity contribution in [1.29, 1.82) is 0 Å². The Kier molecular flexibility index (Phi) is 10.4. The lowest BCUT2D eigenvalue weighted by molar-refractivity contribution is -0.141. The molecule has 4 aromatic rings. The van der Waals surface area contributed by atoms with E-state index in [4.69, 9.17) is 5.10 Å². The number of benzene rings is 2. The lowest BCUT2D eigenvalue weighted by Gasteiger charge is -2.29. The number of alkyl halides is 3. The quantitative estimate of drug-likeness (QED) is 0.105. The summed E-state index contributed by atoms with van der Waals surface area (Å²) in [5.74, 6) is -2.62. The van der Waals surface area contributed by atoms with E-state index < -0.39 is 58.7 Å². The highest BCUT2D eigenvalue weighted by Crippen LogP contribution is 2.36. The summed E-state index contributed by atoms with van der Waals surface area (Å²) in [5, 5.41) is 28.0. The van der Waals surface area contributed by atoms with Crippen LogP contribution in [0, 0.1) is 5.92 Å². The molecule has 14 nitrogen and oxygen atoms in total. The number of hydrogen-bond donors (Lipinski definition) is 5. The van der Waals surface area contributed by atoms with Gasteiger partial charge in [-0.25, -0.2) is 4.98 Å². The number of aliphatic hydroxyl groups is 1. The topological polar surface area (TPSA) is 188 Å². The van der Waals surface area contributed by atoms with E-state index in [0.717, 1.165) is 49.3 Å². The third-order valence-corrected chi connectivity index (χ3v) is 10.5. The minimum atomic E-state index is -4.71. The first-order valence-corrected chi connectivity index (χ1v) is 18.5. The van der Waals surface area contributed by atoms with Crippen LogP contribution < -0.4 is 21.3 Å². The molecule has 1 aliphatic carbocycles. The molecule has 2 aliphatic heterocycles. The van der Waals surface area contributed by atoms with Crippen LogP contribution in [0.15, 0.2) is 54.7 Å². The van der Waals surface area contributed by atoms with Crippen LogP contribution in [-0.4, -0.2) is 80.0 Å². The Morgan fingerprint density at radius 2 is 1.70 bits per heavy atom. The van der Waals surface area contributed by atoms with Crippen LogP contribution in [0.1, 0.15) is 101 Å². The van der Waals surface area contributed by atoms with E-state index in [0.29, 0.717) is 41.2 Å². The Morgan fingerprint density at radius 1 is 0.946 bits per heavy atom. The number of fused-ring (bicyclic) bond motifs is 2. The highest BCUT2D eigenvalue weighted by Gasteiger charge is 2.45. The molecule has 5 N–H and O–H groups in total. The zero-order valence-corrected chi connectivity index (χ0v) is 30.7. The first-order chi connectivity index (χ1) is 26.6. The van der Waals surface area contributed by atoms with E-state index >= 15 is 0 Å². The molecule has 1 saturated carbocycles. The minimum Gasteiger partial charge on any atom is -0.386 e. The summed E-state index contributed by atoms with van der Waals surface area (Å²) in [6.07, 6.45) is 0.940. The van der Waals surface area contributed by atoms with Gasteiger partial charge in [-0.15, -0.1) is 0 Å². The Labute approximate surface area is 319 Å². The van der Waals surface area contributed by atoms with Gasteiger partial charge in [-0.05, 0) is 94.8 Å². The number of hydrogen-bond acceptors (Lipinski definition) is 10. The van der Waals surface area contributed by atoms with Crippen molar-refractivity contribution in [3.63, 3.8) is 0 Å². The van der Waals surface area contributed by atoms with Gasteiger partial charge >= 0.3 is 6.18 Å². The number of carbonyl (C=O) groups excluding carboxylic acids is 5. The van der Waals surface area contributed by atoms with E-state index in [-0.39, 0.29) is 35.7 Å². The second-order valence-corrected chi connectivity index (χ2v) is 15.0. The van der Waals surface area contributed by atoms with E-state index in [1.807, 2.05) is 10.9 Å². The Hall–Kier alpha value is -5.68. The van der Waals surface area contributed by atoms with Crippen LogP contribution in [0.3, 0.4) is 0 Å². The van der Waals surface area contributed by atoms with Gasteiger partial charge in [-0.1, -0.05) is 12.1 Å². The van der Waals surface area contributed by atoms with Gasteiger partial charge in [0.25, 0.3) is 17.7 Å². The van der Waals surface area contributed by atoms with Crippen LogP contribution in [0.4, 0.5) is 24.5 Å². The molecular weight excluding hydrogens is 733 g/mol. The average molecular weight is 775 g/mol. The number of aromatic nitrogens is 3. The number of amides is 5. The fraction of sp³-hybridized carbons (Fsp3) is 0.410. The predicted octanol–water partition coefficient (Wildman–Crippen LogP) is 4.76. The van der Waals surface area contributed by atoms with Crippen molar-refractivity contribution in [3.05, 3.63) is 82.8 Å². The Balaban J connectivity index is 0.921. The molecule has 2 fully saturated rings. The monoisotopic (exact) mass is 774 g/mol. The molecule has 2 aromatic carbocycles.